The third kappa shape index (κ3) is 4.14. The van der Waals surface area contributed by atoms with E-state index in [9.17, 15) is 4.79 Å². The zero-order valence-electron chi connectivity index (χ0n) is 14.8. The van der Waals surface area contributed by atoms with Crippen LogP contribution in [0.5, 0.6) is 0 Å². The van der Waals surface area contributed by atoms with Gasteiger partial charge in [0.15, 0.2) is 0 Å². The molecule has 2 aromatic rings. The maximum atomic E-state index is 12.5. The molecule has 2 aromatic heterocycles. The number of aromatic nitrogens is 1. The lowest BCUT2D eigenvalue weighted by atomic mass is 9.83. The first-order valence-corrected chi connectivity index (χ1v) is 9.32. The molecule has 0 unspecified atom stereocenters. The van der Waals surface area contributed by atoms with Crippen LogP contribution in [0.15, 0.2) is 47.2 Å². The molecule has 1 amide bonds. The highest BCUT2D eigenvalue weighted by Crippen LogP contribution is 2.32. The highest BCUT2D eigenvalue weighted by molar-refractivity contribution is 5.78. The van der Waals surface area contributed by atoms with Gasteiger partial charge in [-0.3, -0.25) is 14.7 Å². The van der Waals surface area contributed by atoms with Gasteiger partial charge < -0.3 is 14.5 Å². The molecule has 4 rings (SSSR count). The van der Waals surface area contributed by atoms with E-state index in [1.165, 1.54) is 0 Å². The zero-order chi connectivity index (χ0) is 17.8. The lowest BCUT2D eigenvalue weighted by Crippen LogP contribution is -2.50. The summed E-state index contributed by atoms with van der Waals surface area (Å²) in [4.78, 5) is 19.3. The highest BCUT2D eigenvalue weighted by atomic mass is 16.5. The molecule has 138 valence electrons. The highest BCUT2D eigenvalue weighted by Gasteiger charge is 2.38. The van der Waals surface area contributed by atoms with Gasteiger partial charge in [0.25, 0.3) is 0 Å². The van der Waals surface area contributed by atoms with Gasteiger partial charge in [-0.25, -0.2) is 0 Å². The monoisotopic (exact) mass is 355 g/mol. The van der Waals surface area contributed by atoms with E-state index in [4.69, 9.17) is 9.15 Å². The van der Waals surface area contributed by atoms with Gasteiger partial charge in [-0.05, 0) is 43.0 Å². The second-order valence-electron chi connectivity index (χ2n) is 7.21. The molecule has 0 aromatic carbocycles. The van der Waals surface area contributed by atoms with Crippen molar-refractivity contribution in [3.63, 3.8) is 0 Å². The van der Waals surface area contributed by atoms with Crippen LogP contribution in [0.1, 0.15) is 24.3 Å². The summed E-state index contributed by atoms with van der Waals surface area (Å²) < 4.78 is 11.3. The number of pyridine rings is 1. The summed E-state index contributed by atoms with van der Waals surface area (Å²) >= 11 is 0. The van der Waals surface area contributed by atoms with E-state index in [1.807, 2.05) is 30.5 Å². The van der Waals surface area contributed by atoms with Crippen LogP contribution in [-0.4, -0.2) is 41.6 Å². The Labute approximate surface area is 153 Å². The Hall–Kier alpha value is -2.18. The van der Waals surface area contributed by atoms with Gasteiger partial charge in [0.2, 0.25) is 5.91 Å². The normalized spacial score (nSPS) is 26.2. The number of hydrogen-bond donors (Lipinski definition) is 1. The molecule has 2 saturated heterocycles. The first kappa shape index (κ1) is 17.2. The third-order valence-electron chi connectivity index (χ3n) is 5.35. The first-order valence-electron chi connectivity index (χ1n) is 9.32. The molecule has 6 heteroatoms. The van der Waals surface area contributed by atoms with Crippen LogP contribution in [0.25, 0.3) is 0 Å². The van der Waals surface area contributed by atoms with Crippen molar-refractivity contribution >= 4 is 5.91 Å². The lowest BCUT2D eigenvalue weighted by Gasteiger charge is -2.43. The average molecular weight is 355 g/mol. The number of rotatable bonds is 5. The van der Waals surface area contributed by atoms with Crippen molar-refractivity contribution in [1.82, 2.24) is 15.2 Å². The number of carbonyl (C=O) groups is 1. The molecule has 0 radical (unpaired) electrons. The predicted molar refractivity (Wildman–Crippen MR) is 96.0 cm³/mol. The molecule has 0 spiro atoms. The standard InChI is InChI=1S/C20H25N3O3/c24-20(22-11-18-5-3-9-25-18)16-10-15-12-23(8-6-19(15)26-14-16)13-17-4-1-2-7-21-17/h1-5,7,9,15-16,19H,6,8,10-14H2,(H,22,24)/t15-,16-,19+/m0/s1. The maximum absolute atomic E-state index is 12.5. The molecule has 0 saturated carbocycles. The number of carbonyl (C=O) groups excluding carboxylic acids is 1. The number of furan rings is 1. The Bertz CT molecular complexity index is 704. The Balaban J connectivity index is 1.30. The molecule has 0 bridgehead atoms. The third-order valence-corrected chi connectivity index (χ3v) is 5.35. The van der Waals surface area contributed by atoms with E-state index in [0.29, 0.717) is 19.1 Å². The van der Waals surface area contributed by atoms with Crippen molar-refractivity contribution in [2.24, 2.45) is 11.8 Å². The van der Waals surface area contributed by atoms with Gasteiger partial charge in [-0.2, -0.15) is 0 Å². The van der Waals surface area contributed by atoms with E-state index >= 15 is 0 Å². The molecule has 2 aliphatic rings. The summed E-state index contributed by atoms with van der Waals surface area (Å²) in [6.07, 6.45) is 5.65. The number of ether oxygens (including phenoxy) is 1. The SMILES string of the molecule is O=C(NCc1ccco1)[C@@H]1CO[C@@H]2CCN(Cc3ccccn3)C[C@@H]2C1. The van der Waals surface area contributed by atoms with Crippen LogP contribution in [-0.2, 0) is 22.6 Å². The van der Waals surface area contributed by atoms with E-state index < -0.39 is 0 Å². The van der Waals surface area contributed by atoms with Crippen LogP contribution >= 0.6 is 0 Å². The molecule has 0 aliphatic carbocycles. The minimum absolute atomic E-state index is 0.0571. The van der Waals surface area contributed by atoms with Crippen LogP contribution in [0.4, 0.5) is 0 Å². The van der Waals surface area contributed by atoms with Crippen LogP contribution in [0, 0.1) is 11.8 Å². The van der Waals surface area contributed by atoms with Gasteiger partial charge >= 0.3 is 0 Å². The Kier molecular flexibility index (Phi) is 5.32. The number of piperidine rings is 1. The fourth-order valence-electron chi connectivity index (χ4n) is 3.98. The minimum atomic E-state index is -0.0824. The Morgan fingerprint density at radius 2 is 2.27 bits per heavy atom. The summed E-state index contributed by atoms with van der Waals surface area (Å²) in [5, 5.41) is 2.97. The number of amides is 1. The van der Waals surface area contributed by atoms with Gasteiger partial charge in [0.1, 0.15) is 5.76 Å². The minimum Gasteiger partial charge on any atom is -0.467 e. The van der Waals surface area contributed by atoms with E-state index in [2.05, 4.69) is 21.3 Å². The second kappa shape index (κ2) is 8.01. The number of likely N-dealkylation sites (tertiary alicyclic amines) is 1. The summed E-state index contributed by atoms with van der Waals surface area (Å²) in [6.45, 7) is 3.79. The molecule has 2 fully saturated rings. The number of nitrogens with one attached hydrogen (secondary N) is 1. The largest absolute Gasteiger partial charge is 0.467 e. The van der Waals surface area contributed by atoms with Crippen molar-refractivity contribution in [1.29, 1.82) is 0 Å². The average Bonchev–Trinajstić information content (AvgIpc) is 3.20. The first-order chi connectivity index (χ1) is 12.8. The summed E-state index contributed by atoms with van der Waals surface area (Å²) in [5.41, 5.74) is 1.09. The quantitative estimate of drug-likeness (QED) is 0.891. The number of hydrogen-bond acceptors (Lipinski definition) is 5. The van der Waals surface area contributed by atoms with Gasteiger partial charge in [0, 0.05) is 25.8 Å². The second-order valence-corrected chi connectivity index (χ2v) is 7.21. The van der Waals surface area contributed by atoms with Gasteiger partial charge in [0.05, 0.1) is 37.1 Å². The van der Waals surface area contributed by atoms with E-state index in [-0.39, 0.29) is 17.9 Å². The molecule has 1 N–H and O–H groups in total. The van der Waals surface area contributed by atoms with Crippen molar-refractivity contribution in [2.45, 2.75) is 32.0 Å². The molecule has 2 aliphatic heterocycles. The van der Waals surface area contributed by atoms with Crippen LogP contribution in [0.3, 0.4) is 0 Å². The number of nitrogens with zero attached hydrogens (tertiary/aromatic N) is 2. The summed E-state index contributed by atoms with van der Waals surface area (Å²) in [7, 11) is 0. The van der Waals surface area contributed by atoms with Gasteiger partial charge in [-0.15, -0.1) is 0 Å². The predicted octanol–water partition coefficient (Wildman–Crippen LogP) is 2.22. The van der Waals surface area contributed by atoms with Crippen LogP contribution in [0.2, 0.25) is 0 Å². The van der Waals surface area contributed by atoms with Crippen molar-refractivity contribution in [3.8, 4) is 0 Å². The Morgan fingerprint density at radius 3 is 3.08 bits per heavy atom. The van der Waals surface area contributed by atoms with Crippen molar-refractivity contribution in [3.05, 3.63) is 54.2 Å². The van der Waals surface area contributed by atoms with E-state index in [0.717, 1.165) is 43.9 Å². The molecule has 26 heavy (non-hydrogen) atoms. The smallest absolute Gasteiger partial charge is 0.225 e. The summed E-state index contributed by atoms with van der Waals surface area (Å²) in [6, 6.07) is 9.72. The molecule has 4 heterocycles. The Morgan fingerprint density at radius 1 is 1.31 bits per heavy atom. The van der Waals surface area contributed by atoms with Gasteiger partial charge in [-0.1, -0.05) is 6.07 Å². The summed E-state index contributed by atoms with van der Waals surface area (Å²) in [5.74, 6) is 1.15. The van der Waals surface area contributed by atoms with Crippen molar-refractivity contribution in [2.75, 3.05) is 19.7 Å². The van der Waals surface area contributed by atoms with Crippen LogP contribution < -0.4 is 5.32 Å². The molecular formula is C20H25N3O3. The topological polar surface area (TPSA) is 67.6 Å². The van der Waals surface area contributed by atoms with Crippen molar-refractivity contribution < 1.29 is 13.9 Å². The zero-order valence-corrected chi connectivity index (χ0v) is 14.8. The van der Waals surface area contributed by atoms with E-state index in [1.54, 1.807) is 6.26 Å². The fraction of sp³-hybridized carbons (Fsp3) is 0.500. The maximum Gasteiger partial charge on any atom is 0.225 e. The molecule has 6 nitrogen and oxygen atoms in total. The lowest BCUT2D eigenvalue weighted by molar-refractivity contribution is -0.139. The number of fused-ring (bicyclic) bond motifs is 1. The molecular weight excluding hydrogens is 330 g/mol. The fourth-order valence-corrected chi connectivity index (χ4v) is 3.98. The molecule has 3 atom stereocenters.